The number of rotatable bonds is 8. The summed E-state index contributed by atoms with van der Waals surface area (Å²) in [4.78, 5) is 0. The largest absolute Gasteiger partial charge is 0.453 e. The van der Waals surface area contributed by atoms with Crippen LogP contribution in [0.3, 0.4) is 0 Å². The van der Waals surface area contributed by atoms with Crippen LogP contribution in [0.25, 0.3) is 0 Å². The molecule has 3 aromatic rings. The lowest BCUT2D eigenvalue weighted by atomic mass is 10.0. The third kappa shape index (κ3) is 6.00. The number of halogens is 1. The lowest BCUT2D eigenvalue weighted by Crippen LogP contribution is -2.12. The van der Waals surface area contributed by atoms with Crippen LogP contribution in [0.4, 0.5) is 0 Å². The van der Waals surface area contributed by atoms with Crippen molar-refractivity contribution in [3.8, 4) is 23.0 Å². The Morgan fingerprint density at radius 2 is 1.30 bits per heavy atom. The molecular formula is C22H25ClN2O2. The summed E-state index contributed by atoms with van der Waals surface area (Å²) in [5.41, 5.74) is 12.9. The summed E-state index contributed by atoms with van der Waals surface area (Å²) < 4.78 is 12.1. The first-order valence-electron chi connectivity index (χ1n) is 8.81. The topological polar surface area (TPSA) is 70.5 Å². The highest BCUT2D eigenvalue weighted by Crippen LogP contribution is 2.37. The van der Waals surface area contributed by atoms with Gasteiger partial charge in [0, 0.05) is 6.04 Å². The summed E-state index contributed by atoms with van der Waals surface area (Å²) in [6.45, 7) is 0.635. The number of benzene rings is 3. The third-order valence-electron chi connectivity index (χ3n) is 4.06. The molecule has 4 nitrogen and oxygen atoms in total. The number of nitrogens with two attached hydrogens (primary N) is 2. The lowest BCUT2D eigenvalue weighted by molar-refractivity contribution is 0.417. The first-order chi connectivity index (χ1) is 12.8. The van der Waals surface area contributed by atoms with Crippen LogP contribution in [0, 0.1) is 0 Å². The minimum atomic E-state index is -0.0811. The molecule has 0 aromatic heterocycles. The van der Waals surface area contributed by atoms with E-state index >= 15 is 0 Å². The Labute approximate surface area is 166 Å². The van der Waals surface area contributed by atoms with Gasteiger partial charge in [-0.2, -0.15) is 0 Å². The first kappa shape index (κ1) is 20.8. The van der Waals surface area contributed by atoms with Crippen molar-refractivity contribution in [3.63, 3.8) is 0 Å². The second-order valence-corrected chi connectivity index (χ2v) is 6.07. The fourth-order valence-corrected chi connectivity index (χ4v) is 2.65. The summed E-state index contributed by atoms with van der Waals surface area (Å²) in [5, 5.41) is 0. The van der Waals surface area contributed by atoms with E-state index in [-0.39, 0.29) is 18.4 Å². The zero-order chi connectivity index (χ0) is 18.2. The van der Waals surface area contributed by atoms with Crippen LogP contribution in [0.1, 0.15) is 24.4 Å². The van der Waals surface area contributed by atoms with Gasteiger partial charge in [0.2, 0.25) is 0 Å². The van der Waals surface area contributed by atoms with E-state index in [1.807, 2.05) is 78.9 Å². The summed E-state index contributed by atoms with van der Waals surface area (Å²) in [7, 11) is 0. The SMILES string of the molecule is Cl.NCCC[C@@H](N)c1ccc(Oc2ccccc2)c(Oc2ccccc2)c1. The molecule has 5 heteroatoms. The Hall–Kier alpha value is -2.53. The maximum Gasteiger partial charge on any atom is 0.170 e. The van der Waals surface area contributed by atoms with Gasteiger partial charge in [-0.15, -0.1) is 12.4 Å². The van der Waals surface area contributed by atoms with Gasteiger partial charge in [0.25, 0.3) is 0 Å². The van der Waals surface area contributed by atoms with Gasteiger partial charge in [-0.25, -0.2) is 0 Å². The molecule has 27 heavy (non-hydrogen) atoms. The molecule has 0 aliphatic rings. The first-order valence-corrected chi connectivity index (χ1v) is 8.81. The molecule has 0 saturated carbocycles. The smallest absolute Gasteiger partial charge is 0.170 e. The number of hydrogen-bond acceptors (Lipinski definition) is 4. The molecule has 0 bridgehead atoms. The van der Waals surface area contributed by atoms with E-state index in [0.29, 0.717) is 18.0 Å². The van der Waals surface area contributed by atoms with E-state index in [9.17, 15) is 0 Å². The number of hydrogen-bond donors (Lipinski definition) is 2. The summed E-state index contributed by atoms with van der Waals surface area (Å²) in [6, 6.07) is 25.0. The van der Waals surface area contributed by atoms with Crippen LogP contribution in [-0.2, 0) is 0 Å². The molecule has 1 atom stereocenters. The molecule has 0 amide bonds. The molecule has 0 heterocycles. The Morgan fingerprint density at radius 3 is 1.85 bits per heavy atom. The fourth-order valence-electron chi connectivity index (χ4n) is 2.65. The highest BCUT2D eigenvalue weighted by atomic mass is 35.5. The van der Waals surface area contributed by atoms with Gasteiger partial charge in [-0.3, -0.25) is 0 Å². The third-order valence-corrected chi connectivity index (χ3v) is 4.06. The number of para-hydroxylation sites is 2. The summed E-state index contributed by atoms with van der Waals surface area (Å²) >= 11 is 0. The molecule has 3 aromatic carbocycles. The molecule has 0 fully saturated rings. The highest BCUT2D eigenvalue weighted by molar-refractivity contribution is 5.85. The molecule has 3 rings (SSSR count). The average Bonchev–Trinajstić information content (AvgIpc) is 2.69. The van der Waals surface area contributed by atoms with Crippen molar-refractivity contribution < 1.29 is 9.47 Å². The van der Waals surface area contributed by atoms with Crippen LogP contribution >= 0.6 is 12.4 Å². The van der Waals surface area contributed by atoms with Crippen LogP contribution in [0.5, 0.6) is 23.0 Å². The zero-order valence-corrected chi connectivity index (χ0v) is 15.9. The van der Waals surface area contributed by atoms with Crippen LogP contribution in [0.2, 0.25) is 0 Å². The average molecular weight is 385 g/mol. The van der Waals surface area contributed by atoms with Gasteiger partial charge in [-0.05, 0) is 61.3 Å². The standard InChI is InChI=1S/C22H24N2O2.ClH/c23-15-7-12-20(24)17-13-14-21(25-18-8-3-1-4-9-18)22(16-17)26-19-10-5-2-6-11-19;/h1-6,8-11,13-14,16,20H,7,12,15,23-24H2;1H/t20-;/m1./s1. The van der Waals surface area contributed by atoms with Gasteiger partial charge in [0.05, 0.1) is 0 Å². The second kappa shape index (κ2) is 10.6. The van der Waals surface area contributed by atoms with Crippen molar-refractivity contribution in [2.24, 2.45) is 11.5 Å². The molecule has 0 aliphatic carbocycles. The Kier molecular flexibility index (Phi) is 8.14. The fraction of sp³-hybridized carbons (Fsp3) is 0.182. The van der Waals surface area contributed by atoms with E-state index in [4.69, 9.17) is 20.9 Å². The normalized spacial score (nSPS) is 11.3. The predicted octanol–water partition coefficient (Wildman–Crippen LogP) is 5.43. The monoisotopic (exact) mass is 384 g/mol. The van der Waals surface area contributed by atoms with E-state index in [2.05, 4.69) is 0 Å². The molecule has 0 radical (unpaired) electrons. The zero-order valence-electron chi connectivity index (χ0n) is 15.1. The van der Waals surface area contributed by atoms with Gasteiger partial charge in [0.1, 0.15) is 11.5 Å². The molecular weight excluding hydrogens is 360 g/mol. The Bertz CT molecular complexity index is 813. The molecule has 0 saturated heterocycles. The molecule has 0 aliphatic heterocycles. The van der Waals surface area contributed by atoms with E-state index in [1.165, 1.54) is 0 Å². The lowest BCUT2D eigenvalue weighted by Gasteiger charge is -2.17. The quantitative estimate of drug-likeness (QED) is 0.543. The maximum atomic E-state index is 6.29. The van der Waals surface area contributed by atoms with Crippen molar-refractivity contribution >= 4 is 12.4 Å². The summed E-state index contributed by atoms with van der Waals surface area (Å²) in [6.07, 6.45) is 1.72. The minimum Gasteiger partial charge on any atom is -0.453 e. The van der Waals surface area contributed by atoms with E-state index in [1.54, 1.807) is 0 Å². The molecule has 142 valence electrons. The molecule has 0 spiro atoms. The van der Waals surface area contributed by atoms with Crippen molar-refractivity contribution in [2.45, 2.75) is 18.9 Å². The van der Waals surface area contributed by atoms with Crippen LogP contribution in [0.15, 0.2) is 78.9 Å². The van der Waals surface area contributed by atoms with E-state index < -0.39 is 0 Å². The van der Waals surface area contributed by atoms with Crippen molar-refractivity contribution in [1.29, 1.82) is 0 Å². The number of ether oxygens (including phenoxy) is 2. The Balaban J connectivity index is 0.00000261. The van der Waals surface area contributed by atoms with E-state index in [0.717, 1.165) is 29.9 Å². The van der Waals surface area contributed by atoms with Crippen LogP contribution in [-0.4, -0.2) is 6.54 Å². The van der Waals surface area contributed by atoms with Gasteiger partial charge in [-0.1, -0.05) is 42.5 Å². The molecule has 0 unspecified atom stereocenters. The van der Waals surface area contributed by atoms with Crippen molar-refractivity contribution in [3.05, 3.63) is 84.4 Å². The van der Waals surface area contributed by atoms with Crippen LogP contribution < -0.4 is 20.9 Å². The molecule has 4 N–H and O–H groups in total. The van der Waals surface area contributed by atoms with Gasteiger partial charge < -0.3 is 20.9 Å². The second-order valence-electron chi connectivity index (χ2n) is 6.07. The predicted molar refractivity (Wildman–Crippen MR) is 112 cm³/mol. The van der Waals surface area contributed by atoms with Crippen molar-refractivity contribution in [1.82, 2.24) is 0 Å². The van der Waals surface area contributed by atoms with Crippen molar-refractivity contribution in [2.75, 3.05) is 6.54 Å². The minimum absolute atomic E-state index is 0. The van der Waals surface area contributed by atoms with Gasteiger partial charge in [0.15, 0.2) is 11.5 Å². The highest BCUT2D eigenvalue weighted by Gasteiger charge is 2.13. The van der Waals surface area contributed by atoms with Gasteiger partial charge >= 0.3 is 0 Å². The maximum absolute atomic E-state index is 6.29. The Morgan fingerprint density at radius 1 is 0.741 bits per heavy atom. The summed E-state index contributed by atoms with van der Waals surface area (Å²) in [5.74, 6) is 2.79.